The van der Waals surface area contributed by atoms with Crippen LogP contribution < -0.4 is 10.2 Å². The average molecular weight is 445 g/mol. The van der Waals surface area contributed by atoms with Crippen LogP contribution in [0.5, 0.6) is 0 Å². The van der Waals surface area contributed by atoms with Crippen LogP contribution in [0.15, 0.2) is 71.7 Å². The second-order valence-corrected chi connectivity index (χ2v) is 6.57. The van der Waals surface area contributed by atoms with Gasteiger partial charge in [-0.3, -0.25) is 14.5 Å². The first-order chi connectivity index (χ1) is 16.0. The van der Waals surface area contributed by atoms with Gasteiger partial charge in [0.25, 0.3) is 11.9 Å². The number of piperazine rings is 1. The molecule has 3 aromatic rings. The van der Waals surface area contributed by atoms with Crippen molar-refractivity contribution >= 4 is 35.7 Å². The maximum atomic E-state index is 12.7. The standard InChI is InChI=1S/C21H15N7O5/c29-18-13-27(21-24-26-28(25-21)16-8-6-15(7-9-16)20(31)32)19(30)17(23-18)12-22-33-11-10-14-4-2-1-3-5-14/h1-11H,13H2,(H,23,29)(H,31,32)/b11-10+. The van der Waals surface area contributed by atoms with Crippen molar-refractivity contribution < 1.29 is 24.3 Å². The molecule has 0 spiro atoms. The summed E-state index contributed by atoms with van der Waals surface area (Å²) in [6.07, 6.45) is 2.97. The van der Waals surface area contributed by atoms with Crippen molar-refractivity contribution in [1.82, 2.24) is 25.5 Å². The van der Waals surface area contributed by atoms with Crippen LogP contribution in [-0.4, -0.2) is 55.5 Å². The molecule has 4 rings (SSSR count). The minimum absolute atomic E-state index is 0.0943. The third kappa shape index (κ3) is 4.98. The van der Waals surface area contributed by atoms with Gasteiger partial charge < -0.3 is 15.3 Å². The predicted octanol–water partition coefficient (Wildman–Crippen LogP) is 0.979. The molecule has 2 heterocycles. The van der Waals surface area contributed by atoms with E-state index in [0.29, 0.717) is 5.69 Å². The lowest BCUT2D eigenvalue weighted by atomic mass is 10.2. The van der Waals surface area contributed by atoms with Gasteiger partial charge in [-0.1, -0.05) is 35.4 Å². The normalized spacial score (nSPS) is 13.6. The van der Waals surface area contributed by atoms with Gasteiger partial charge in [-0.15, -0.1) is 9.90 Å². The Hall–Kier alpha value is -5.09. The fourth-order valence-electron chi connectivity index (χ4n) is 2.76. The molecule has 1 saturated heterocycles. The Kier molecular flexibility index (Phi) is 6.01. The highest BCUT2D eigenvalue weighted by Gasteiger charge is 2.32. The van der Waals surface area contributed by atoms with Crippen LogP contribution in [0.4, 0.5) is 5.95 Å². The summed E-state index contributed by atoms with van der Waals surface area (Å²) >= 11 is 0. The van der Waals surface area contributed by atoms with Crippen LogP contribution in [0.2, 0.25) is 0 Å². The van der Waals surface area contributed by atoms with Crippen LogP contribution in [0, 0.1) is 0 Å². The number of nitrogens with one attached hydrogen (secondary N) is 1. The fraction of sp³-hybridized carbons (Fsp3) is 0.0476. The molecule has 0 atom stereocenters. The van der Waals surface area contributed by atoms with Crippen molar-refractivity contribution in [3.63, 3.8) is 0 Å². The zero-order chi connectivity index (χ0) is 23.2. The van der Waals surface area contributed by atoms with E-state index >= 15 is 0 Å². The zero-order valence-electron chi connectivity index (χ0n) is 16.8. The summed E-state index contributed by atoms with van der Waals surface area (Å²) in [7, 11) is 0. The summed E-state index contributed by atoms with van der Waals surface area (Å²) in [4.78, 5) is 42.8. The number of tetrazole rings is 1. The molecule has 0 unspecified atom stereocenters. The number of anilines is 1. The van der Waals surface area contributed by atoms with Gasteiger partial charge in [-0.05, 0) is 46.3 Å². The van der Waals surface area contributed by atoms with Crippen molar-refractivity contribution in [3.8, 4) is 5.69 Å². The second-order valence-electron chi connectivity index (χ2n) is 6.57. The van der Waals surface area contributed by atoms with Crippen molar-refractivity contribution in [1.29, 1.82) is 0 Å². The van der Waals surface area contributed by atoms with Crippen LogP contribution >= 0.6 is 0 Å². The van der Waals surface area contributed by atoms with E-state index in [4.69, 9.17) is 9.94 Å². The minimum atomic E-state index is -1.07. The molecule has 164 valence electrons. The number of carboxylic acids is 1. The molecule has 2 aromatic carbocycles. The van der Waals surface area contributed by atoms with E-state index in [2.05, 4.69) is 31.8 Å². The van der Waals surface area contributed by atoms with E-state index in [1.54, 1.807) is 6.08 Å². The Labute approximate surface area is 186 Å². The number of hydrogen-bond donors (Lipinski definition) is 2. The number of aromatic nitrogens is 4. The summed E-state index contributed by atoms with van der Waals surface area (Å²) in [5.74, 6) is -0.00706. The SMILES string of the molecule is O=C1CN(c2nnn(-c3ccc(C(=O)O)cc3)n2)C(=O)C(=C=NO/C=C/c2ccccc2)N1. The highest BCUT2D eigenvalue weighted by atomic mass is 16.6. The molecule has 2 amide bonds. The Morgan fingerprint density at radius 3 is 2.64 bits per heavy atom. The molecule has 0 radical (unpaired) electrons. The molecule has 12 nitrogen and oxygen atoms in total. The third-order valence-electron chi connectivity index (χ3n) is 4.35. The first kappa shape index (κ1) is 21.2. The number of carbonyl (C=O) groups excluding carboxylic acids is 2. The molecule has 0 saturated carbocycles. The van der Waals surface area contributed by atoms with E-state index in [1.807, 2.05) is 30.3 Å². The van der Waals surface area contributed by atoms with E-state index in [9.17, 15) is 14.4 Å². The first-order valence-corrected chi connectivity index (χ1v) is 9.47. The summed E-state index contributed by atoms with van der Waals surface area (Å²) in [5.41, 5.74) is 1.15. The lowest BCUT2D eigenvalue weighted by molar-refractivity contribution is -0.125. The van der Waals surface area contributed by atoms with Crippen LogP contribution in [-0.2, 0) is 14.4 Å². The van der Waals surface area contributed by atoms with Crippen LogP contribution in [0.25, 0.3) is 11.8 Å². The van der Waals surface area contributed by atoms with E-state index < -0.39 is 17.8 Å². The Morgan fingerprint density at radius 1 is 1.15 bits per heavy atom. The average Bonchev–Trinajstić information content (AvgIpc) is 3.31. The number of hydrogen-bond acceptors (Lipinski definition) is 8. The maximum absolute atomic E-state index is 12.7. The number of benzene rings is 2. The molecular weight excluding hydrogens is 430 g/mol. The molecule has 0 bridgehead atoms. The summed E-state index contributed by atoms with van der Waals surface area (Å²) in [6.45, 7) is -0.331. The van der Waals surface area contributed by atoms with Gasteiger partial charge in [0, 0.05) is 0 Å². The third-order valence-corrected chi connectivity index (χ3v) is 4.35. The smallest absolute Gasteiger partial charge is 0.335 e. The number of carboxylic acid groups (broad SMARTS) is 1. The minimum Gasteiger partial charge on any atom is -0.478 e. The van der Waals surface area contributed by atoms with Gasteiger partial charge in [0.05, 0.1) is 17.1 Å². The van der Waals surface area contributed by atoms with Crippen molar-refractivity contribution in [3.05, 3.63) is 77.7 Å². The van der Waals surface area contributed by atoms with Gasteiger partial charge >= 0.3 is 5.97 Å². The number of amides is 2. The van der Waals surface area contributed by atoms with Crippen LogP contribution in [0.1, 0.15) is 15.9 Å². The molecule has 1 aliphatic rings. The molecule has 1 fully saturated rings. The number of aromatic carboxylic acids is 1. The summed E-state index contributed by atoms with van der Waals surface area (Å²) in [5, 5.41) is 26.7. The van der Waals surface area contributed by atoms with E-state index in [0.717, 1.165) is 15.3 Å². The molecule has 33 heavy (non-hydrogen) atoms. The lowest BCUT2D eigenvalue weighted by Crippen LogP contribution is -2.50. The monoisotopic (exact) mass is 445 g/mol. The molecule has 1 aromatic heterocycles. The van der Waals surface area contributed by atoms with Crippen molar-refractivity contribution in [2.75, 3.05) is 11.4 Å². The van der Waals surface area contributed by atoms with Crippen molar-refractivity contribution in [2.45, 2.75) is 0 Å². The zero-order valence-corrected chi connectivity index (χ0v) is 16.8. The second kappa shape index (κ2) is 9.37. The highest BCUT2D eigenvalue weighted by molar-refractivity contribution is 6.16. The first-order valence-electron chi connectivity index (χ1n) is 9.47. The topological polar surface area (TPSA) is 152 Å². The van der Waals surface area contributed by atoms with Gasteiger partial charge in [-0.2, -0.15) is 0 Å². The summed E-state index contributed by atoms with van der Waals surface area (Å²) in [6, 6.07) is 15.1. The molecule has 1 aliphatic heterocycles. The molecule has 12 heteroatoms. The number of rotatable bonds is 6. The van der Waals surface area contributed by atoms with E-state index in [1.165, 1.54) is 30.5 Å². The predicted molar refractivity (Wildman–Crippen MR) is 114 cm³/mol. The molecular formula is C21H15N7O5. The Bertz CT molecular complexity index is 1290. The largest absolute Gasteiger partial charge is 0.478 e. The van der Waals surface area contributed by atoms with E-state index in [-0.39, 0.29) is 23.8 Å². The van der Waals surface area contributed by atoms with Gasteiger partial charge in [-0.25, -0.2) is 4.79 Å². The number of nitrogens with zero attached hydrogens (tertiary/aromatic N) is 6. The fourth-order valence-corrected chi connectivity index (χ4v) is 2.76. The number of carbonyl (C=O) groups is 3. The van der Waals surface area contributed by atoms with Gasteiger partial charge in [0.15, 0.2) is 5.70 Å². The highest BCUT2D eigenvalue weighted by Crippen LogP contribution is 2.14. The van der Waals surface area contributed by atoms with Gasteiger partial charge in [0.2, 0.25) is 5.91 Å². The lowest BCUT2D eigenvalue weighted by Gasteiger charge is -2.23. The Balaban J connectivity index is 1.49. The van der Waals surface area contributed by atoms with Gasteiger partial charge in [0.1, 0.15) is 12.8 Å². The molecule has 2 N–H and O–H groups in total. The Morgan fingerprint density at radius 2 is 1.91 bits per heavy atom. The van der Waals surface area contributed by atoms with Crippen LogP contribution in [0.3, 0.4) is 0 Å². The quantitative estimate of drug-likeness (QED) is 0.247. The summed E-state index contributed by atoms with van der Waals surface area (Å²) < 4.78 is 0. The van der Waals surface area contributed by atoms with Crippen molar-refractivity contribution in [2.24, 2.45) is 5.16 Å². The molecule has 0 aliphatic carbocycles. The maximum Gasteiger partial charge on any atom is 0.335 e.